The van der Waals surface area contributed by atoms with E-state index in [9.17, 15) is 0 Å². The first kappa shape index (κ1) is 22.9. The van der Waals surface area contributed by atoms with Crippen LogP contribution in [-0.4, -0.2) is 20.8 Å². The van der Waals surface area contributed by atoms with Crippen molar-refractivity contribution in [3.05, 3.63) is 119 Å². The molecule has 0 saturated carbocycles. The Labute approximate surface area is 207 Å². The lowest BCUT2D eigenvalue weighted by atomic mass is 9.76. The molecule has 0 saturated heterocycles. The second kappa shape index (κ2) is 9.75. The number of hydrogen-bond donors (Lipinski definition) is 0. The van der Waals surface area contributed by atoms with Gasteiger partial charge in [-0.15, -0.1) is 0 Å². The molecule has 1 heterocycles. The van der Waals surface area contributed by atoms with Crippen molar-refractivity contribution in [1.82, 2.24) is 0 Å². The molecule has 4 aromatic rings. The molecule has 178 valence electrons. The maximum atomic E-state index is 6.06. The Morgan fingerprint density at radius 3 is 2.20 bits per heavy atom. The van der Waals surface area contributed by atoms with Crippen LogP contribution in [0.3, 0.4) is 0 Å². The fourth-order valence-corrected chi connectivity index (χ4v) is 5.07. The van der Waals surface area contributed by atoms with Gasteiger partial charge in [0, 0.05) is 18.3 Å². The molecular weight excluding hydrogens is 434 g/mol. The van der Waals surface area contributed by atoms with Crippen LogP contribution in [-0.2, 0) is 18.6 Å². The third-order valence-electron chi connectivity index (χ3n) is 7.01. The molecule has 4 aromatic carbocycles. The van der Waals surface area contributed by atoms with E-state index in [0.29, 0.717) is 6.61 Å². The van der Waals surface area contributed by atoms with E-state index in [1.807, 2.05) is 24.3 Å². The zero-order chi connectivity index (χ0) is 24.3. The molecule has 0 radical (unpaired) electrons. The van der Waals surface area contributed by atoms with Gasteiger partial charge in [-0.2, -0.15) is 0 Å². The van der Waals surface area contributed by atoms with Gasteiger partial charge >= 0.3 is 0 Å². The summed E-state index contributed by atoms with van der Waals surface area (Å²) in [5.41, 5.74) is 5.73. The number of rotatable bonds is 7. The highest BCUT2D eigenvalue weighted by Gasteiger charge is 2.40. The zero-order valence-corrected chi connectivity index (χ0v) is 20.5. The van der Waals surface area contributed by atoms with Crippen molar-refractivity contribution in [3.8, 4) is 17.2 Å². The Morgan fingerprint density at radius 1 is 0.743 bits per heavy atom. The predicted molar refractivity (Wildman–Crippen MR) is 141 cm³/mol. The molecule has 0 spiro atoms. The Kier molecular flexibility index (Phi) is 6.37. The van der Waals surface area contributed by atoms with Crippen LogP contribution < -0.4 is 19.1 Å². The smallest absolute Gasteiger partial charge is 0.120 e. The van der Waals surface area contributed by atoms with Crippen molar-refractivity contribution in [2.45, 2.75) is 25.5 Å². The monoisotopic (exact) mass is 465 g/mol. The molecule has 1 aliphatic rings. The molecule has 0 aromatic heterocycles. The third kappa shape index (κ3) is 4.44. The summed E-state index contributed by atoms with van der Waals surface area (Å²) in [4.78, 5) is 2.48. The second-order valence-electron chi connectivity index (χ2n) is 9.00. The number of hydrogen-bond acceptors (Lipinski definition) is 4. The molecule has 35 heavy (non-hydrogen) atoms. The minimum absolute atomic E-state index is 0.371. The fourth-order valence-electron chi connectivity index (χ4n) is 5.07. The minimum Gasteiger partial charge on any atom is -0.497 e. The first-order chi connectivity index (χ1) is 17.1. The maximum absolute atomic E-state index is 6.06. The summed E-state index contributed by atoms with van der Waals surface area (Å²) in [7, 11) is 3.44. The second-order valence-corrected chi connectivity index (χ2v) is 9.00. The average molecular weight is 466 g/mol. The van der Waals surface area contributed by atoms with E-state index < -0.39 is 0 Å². The lowest BCUT2D eigenvalue weighted by Crippen LogP contribution is -2.49. The highest BCUT2D eigenvalue weighted by Crippen LogP contribution is 2.45. The van der Waals surface area contributed by atoms with E-state index in [1.165, 1.54) is 16.7 Å². The van der Waals surface area contributed by atoms with E-state index in [2.05, 4.69) is 84.6 Å². The van der Waals surface area contributed by atoms with Crippen LogP contribution in [0.2, 0.25) is 0 Å². The molecule has 4 heteroatoms. The van der Waals surface area contributed by atoms with Crippen molar-refractivity contribution < 1.29 is 14.2 Å². The Morgan fingerprint density at radius 2 is 1.46 bits per heavy atom. The molecule has 0 bridgehead atoms. The molecule has 0 amide bonds. The van der Waals surface area contributed by atoms with E-state index in [4.69, 9.17) is 14.2 Å². The van der Waals surface area contributed by atoms with Gasteiger partial charge in [0.2, 0.25) is 0 Å². The van der Waals surface area contributed by atoms with E-state index in [1.54, 1.807) is 14.2 Å². The molecule has 5 rings (SSSR count). The van der Waals surface area contributed by atoms with Crippen molar-refractivity contribution in [2.24, 2.45) is 0 Å². The third-order valence-corrected chi connectivity index (χ3v) is 7.01. The molecule has 1 unspecified atom stereocenters. The van der Waals surface area contributed by atoms with Crippen LogP contribution in [0.15, 0.2) is 97.1 Å². The van der Waals surface area contributed by atoms with Crippen molar-refractivity contribution in [1.29, 1.82) is 0 Å². The normalized spacial score (nSPS) is 16.9. The number of methoxy groups -OCH3 is 2. The molecule has 0 aliphatic carbocycles. The van der Waals surface area contributed by atoms with Crippen LogP contribution in [0, 0.1) is 0 Å². The molecule has 0 fully saturated rings. The molecule has 4 nitrogen and oxygen atoms in total. The van der Waals surface area contributed by atoms with Gasteiger partial charge in [0.15, 0.2) is 0 Å². The maximum Gasteiger partial charge on any atom is 0.120 e. The average Bonchev–Trinajstić information content (AvgIpc) is 2.92. The molecular formula is C31H31NO3. The van der Waals surface area contributed by atoms with Crippen LogP contribution in [0.25, 0.3) is 0 Å². The fraction of sp³-hybridized carbons (Fsp3) is 0.226. The molecule has 0 N–H and O–H groups in total. The predicted octanol–water partition coefficient (Wildman–Crippen LogP) is 6.61. The van der Waals surface area contributed by atoms with Crippen LogP contribution in [0.1, 0.15) is 29.2 Å². The highest BCUT2D eigenvalue weighted by molar-refractivity contribution is 5.62. The van der Waals surface area contributed by atoms with Gasteiger partial charge in [-0.05, 0) is 72.0 Å². The summed E-state index contributed by atoms with van der Waals surface area (Å²) in [6.07, 6.45) is 0.942. The Hall–Kier alpha value is -3.92. The van der Waals surface area contributed by atoms with Crippen LogP contribution >= 0.6 is 0 Å². The van der Waals surface area contributed by atoms with E-state index >= 15 is 0 Å². The van der Waals surface area contributed by atoms with Crippen molar-refractivity contribution in [3.63, 3.8) is 0 Å². The summed E-state index contributed by atoms with van der Waals surface area (Å²) in [6.45, 7) is 3.74. The number of anilines is 1. The van der Waals surface area contributed by atoms with Crippen molar-refractivity contribution in [2.75, 3.05) is 25.7 Å². The largest absolute Gasteiger partial charge is 0.497 e. The van der Waals surface area contributed by atoms with Gasteiger partial charge in [0.25, 0.3) is 0 Å². The van der Waals surface area contributed by atoms with Gasteiger partial charge in [-0.1, -0.05) is 54.6 Å². The van der Waals surface area contributed by atoms with Crippen LogP contribution in [0.5, 0.6) is 17.2 Å². The lowest BCUT2D eigenvalue weighted by molar-refractivity contribution is 0.306. The van der Waals surface area contributed by atoms with E-state index in [-0.39, 0.29) is 5.54 Å². The van der Waals surface area contributed by atoms with Crippen molar-refractivity contribution >= 4 is 5.69 Å². The summed E-state index contributed by atoms with van der Waals surface area (Å²) in [5.74, 6) is 2.61. The van der Waals surface area contributed by atoms with Gasteiger partial charge in [0.1, 0.15) is 23.9 Å². The number of fused-ring (bicyclic) bond motifs is 1. The number of nitrogens with zero attached hydrogens (tertiary/aromatic N) is 1. The summed E-state index contributed by atoms with van der Waals surface area (Å²) < 4.78 is 17.1. The SMILES string of the molecule is COc1cccc(N2CCc3cc(OC)ccc3C2(C)c2ccc(OCc3ccccc3)cc2)c1. The topological polar surface area (TPSA) is 30.9 Å². The van der Waals surface area contributed by atoms with Crippen LogP contribution in [0.4, 0.5) is 5.69 Å². The van der Waals surface area contributed by atoms with E-state index in [0.717, 1.165) is 41.5 Å². The minimum atomic E-state index is -0.371. The van der Waals surface area contributed by atoms with Gasteiger partial charge in [-0.25, -0.2) is 0 Å². The standard InChI is InChI=1S/C31H31NO3/c1-31(25-12-14-27(15-13-25)35-22-23-8-5-4-6-9-23)30-17-16-29(34-3)20-24(30)18-19-32(31)26-10-7-11-28(21-26)33-2/h4-17,20-21H,18-19,22H2,1-3H3. The zero-order valence-electron chi connectivity index (χ0n) is 20.5. The Bertz CT molecular complexity index is 1290. The molecule has 1 atom stereocenters. The quantitative estimate of drug-likeness (QED) is 0.307. The summed E-state index contributed by atoms with van der Waals surface area (Å²) >= 11 is 0. The number of ether oxygens (including phenoxy) is 3. The Balaban J connectivity index is 1.52. The van der Waals surface area contributed by atoms with Gasteiger partial charge in [0.05, 0.1) is 19.8 Å². The first-order valence-corrected chi connectivity index (χ1v) is 12.0. The summed E-state index contributed by atoms with van der Waals surface area (Å²) in [5, 5.41) is 0. The summed E-state index contributed by atoms with van der Waals surface area (Å²) in [6, 6.07) is 33.5. The molecule has 1 aliphatic heterocycles. The van der Waals surface area contributed by atoms with Gasteiger partial charge in [-0.3, -0.25) is 0 Å². The first-order valence-electron chi connectivity index (χ1n) is 12.0. The number of benzene rings is 4. The lowest BCUT2D eigenvalue weighted by Gasteiger charge is -2.48. The highest BCUT2D eigenvalue weighted by atomic mass is 16.5. The van der Waals surface area contributed by atoms with Gasteiger partial charge < -0.3 is 19.1 Å².